The van der Waals surface area contributed by atoms with Crippen molar-refractivity contribution < 1.29 is 24.9 Å². The third-order valence-electron chi connectivity index (χ3n) is 2.42. The topological polar surface area (TPSA) is 107 Å². The SMILES string of the molecule is O=C(N[C@H](CCO)C(=O)O)c1ccc(CO)cc1. The first kappa shape index (κ1) is 14.1. The number of aliphatic carboxylic acids is 1. The zero-order chi connectivity index (χ0) is 13.5. The maximum absolute atomic E-state index is 11.7. The van der Waals surface area contributed by atoms with Crippen LogP contribution in [0.25, 0.3) is 0 Å². The predicted octanol–water partition coefficient (Wildman–Crippen LogP) is -0.256. The van der Waals surface area contributed by atoms with Crippen molar-refractivity contribution in [3.63, 3.8) is 0 Å². The Morgan fingerprint density at radius 2 is 1.78 bits per heavy atom. The monoisotopic (exact) mass is 253 g/mol. The number of benzene rings is 1. The highest BCUT2D eigenvalue weighted by Crippen LogP contribution is 2.05. The van der Waals surface area contributed by atoms with Gasteiger partial charge in [0.15, 0.2) is 0 Å². The molecule has 4 N–H and O–H groups in total. The van der Waals surface area contributed by atoms with Gasteiger partial charge in [0.05, 0.1) is 6.61 Å². The Morgan fingerprint density at radius 1 is 1.17 bits per heavy atom. The molecule has 1 amide bonds. The molecule has 0 bridgehead atoms. The highest BCUT2D eigenvalue weighted by atomic mass is 16.4. The summed E-state index contributed by atoms with van der Waals surface area (Å²) in [7, 11) is 0. The minimum Gasteiger partial charge on any atom is -0.480 e. The summed E-state index contributed by atoms with van der Waals surface area (Å²) in [5, 5.41) is 28.7. The molecule has 0 radical (unpaired) electrons. The summed E-state index contributed by atoms with van der Waals surface area (Å²) in [6.07, 6.45) is -0.0458. The average molecular weight is 253 g/mol. The maximum atomic E-state index is 11.7. The number of hydrogen-bond acceptors (Lipinski definition) is 4. The molecule has 0 heterocycles. The summed E-state index contributed by atoms with van der Waals surface area (Å²) in [5.74, 6) is -1.72. The van der Waals surface area contributed by atoms with E-state index in [1.54, 1.807) is 12.1 Å². The van der Waals surface area contributed by atoms with Crippen LogP contribution in [-0.4, -0.2) is 39.8 Å². The van der Waals surface area contributed by atoms with E-state index in [4.69, 9.17) is 15.3 Å². The molecule has 1 atom stereocenters. The quantitative estimate of drug-likeness (QED) is 0.559. The van der Waals surface area contributed by atoms with Crippen LogP contribution >= 0.6 is 0 Å². The van der Waals surface area contributed by atoms with Crippen LogP contribution in [0.4, 0.5) is 0 Å². The molecule has 0 aliphatic heterocycles. The van der Waals surface area contributed by atoms with Crippen molar-refractivity contribution >= 4 is 11.9 Å². The number of carboxylic acids is 1. The Kier molecular flexibility index (Phi) is 5.29. The Labute approximate surface area is 104 Å². The number of rotatable bonds is 6. The van der Waals surface area contributed by atoms with E-state index in [0.29, 0.717) is 11.1 Å². The molecule has 98 valence electrons. The second-order valence-corrected chi connectivity index (χ2v) is 3.73. The van der Waals surface area contributed by atoms with Crippen LogP contribution in [-0.2, 0) is 11.4 Å². The van der Waals surface area contributed by atoms with Crippen molar-refractivity contribution in [2.45, 2.75) is 19.1 Å². The molecule has 0 aliphatic carbocycles. The number of nitrogens with one attached hydrogen (secondary N) is 1. The fourth-order valence-corrected chi connectivity index (χ4v) is 1.39. The lowest BCUT2D eigenvalue weighted by atomic mass is 10.1. The molecule has 1 aromatic rings. The molecular weight excluding hydrogens is 238 g/mol. The van der Waals surface area contributed by atoms with Crippen molar-refractivity contribution in [1.82, 2.24) is 5.32 Å². The number of carbonyl (C=O) groups excluding carboxylic acids is 1. The van der Waals surface area contributed by atoms with E-state index in [2.05, 4.69) is 5.32 Å². The third-order valence-corrected chi connectivity index (χ3v) is 2.42. The standard InChI is InChI=1S/C12H15NO5/c14-6-5-10(12(17)18)13-11(16)9-3-1-8(7-15)2-4-9/h1-4,10,14-15H,5-7H2,(H,13,16)(H,17,18)/t10-/m1/s1. The molecule has 1 aromatic carbocycles. The van der Waals surface area contributed by atoms with Gasteiger partial charge in [0.1, 0.15) is 6.04 Å². The van der Waals surface area contributed by atoms with Gasteiger partial charge in [-0.1, -0.05) is 12.1 Å². The van der Waals surface area contributed by atoms with E-state index in [1.165, 1.54) is 12.1 Å². The normalized spacial score (nSPS) is 11.9. The second kappa shape index (κ2) is 6.73. The maximum Gasteiger partial charge on any atom is 0.326 e. The fraction of sp³-hybridized carbons (Fsp3) is 0.333. The molecule has 0 spiro atoms. The van der Waals surface area contributed by atoms with Gasteiger partial charge in [-0.15, -0.1) is 0 Å². The molecule has 0 unspecified atom stereocenters. The van der Waals surface area contributed by atoms with E-state index in [9.17, 15) is 9.59 Å². The first-order chi connectivity index (χ1) is 8.58. The van der Waals surface area contributed by atoms with Crippen LogP contribution in [0.15, 0.2) is 24.3 Å². The Hall–Kier alpha value is -1.92. The minimum absolute atomic E-state index is 0.0458. The number of aliphatic hydroxyl groups excluding tert-OH is 2. The summed E-state index contributed by atoms with van der Waals surface area (Å²) in [6, 6.07) is 5.05. The molecule has 18 heavy (non-hydrogen) atoms. The van der Waals surface area contributed by atoms with Crippen LogP contribution in [0.2, 0.25) is 0 Å². The molecular formula is C12H15NO5. The van der Waals surface area contributed by atoms with Crippen LogP contribution in [0, 0.1) is 0 Å². The van der Waals surface area contributed by atoms with Crippen LogP contribution in [0.3, 0.4) is 0 Å². The predicted molar refractivity (Wildman–Crippen MR) is 63.0 cm³/mol. The van der Waals surface area contributed by atoms with Crippen LogP contribution in [0.5, 0.6) is 0 Å². The molecule has 0 fully saturated rings. The lowest BCUT2D eigenvalue weighted by Gasteiger charge is -2.13. The van der Waals surface area contributed by atoms with Crippen molar-refractivity contribution in [2.24, 2.45) is 0 Å². The van der Waals surface area contributed by atoms with Gasteiger partial charge in [0, 0.05) is 18.6 Å². The van der Waals surface area contributed by atoms with Gasteiger partial charge in [-0.2, -0.15) is 0 Å². The molecule has 0 saturated heterocycles. The summed E-state index contributed by atoms with van der Waals surface area (Å²) in [6.45, 7) is -0.440. The van der Waals surface area contributed by atoms with Gasteiger partial charge in [-0.25, -0.2) is 4.79 Å². The van der Waals surface area contributed by atoms with Crippen LogP contribution < -0.4 is 5.32 Å². The number of carbonyl (C=O) groups is 2. The lowest BCUT2D eigenvalue weighted by molar-refractivity contribution is -0.139. The van der Waals surface area contributed by atoms with Gasteiger partial charge in [0.25, 0.3) is 5.91 Å². The van der Waals surface area contributed by atoms with Gasteiger partial charge >= 0.3 is 5.97 Å². The molecule has 6 nitrogen and oxygen atoms in total. The molecule has 6 heteroatoms. The van der Waals surface area contributed by atoms with E-state index < -0.39 is 17.9 Å². The number of carboxylic acid groups (broad SMARTS) is 1. The van der Waals surface area contributed by atoms with Crippen molar-refractivity contribution in [2.75, 3.05) is 6.61 Å². The molecule has 1 rings (SSSR count). The first-order valence-corrected chi connectivity index (χ1v) is 5.42. The van der Waals surface area contributed by atoms with E-state index >= 15 is 0 Å². The summed E-state index contributed by atoms with van der Waals surface area (Å²) < 4.78 is 0. The number of amides is 1. The largest absolute Gasteiger partial charge is 0.480 e. The zero-order valence-electron chi connectivity index (χ0n) is 9.67. The minimum atomic E-state index is -1.19. The van der Waals surface area contributed by atoms with E-state index in [-0.39, 0.29) is 19.6 Å². The first-order valence-electron chi connectivity index (χ1n) is 5.42. The highest BCUT2D eigenvalue weighted by Gasteiger charge is 2.19. The van der Waals surface area contributed by atoms with Gasteiger partial charge in [-0.3, -0.25) is 4.79 Å². The smallest absolute Gasteiger partial charge is 0.326 e. The van der Waals surface area contributed by atoms with Crippen molar-refractivity contribution in [3.8, 4) is 0 Å². The van der Waals surface area contributed by atoms with E-state index in [0.717, 1.165) is 0 Å². The van der Waals surface area contributed by atoms with Crippen molar-refractivity contribution in [3.05, 3.63) is 35.4 Å². The van der Waals surface area contributed by atoms with E-state index in [1.807, 2.05) is 0 Å². The Bertz CT molecular complexity index is 415. The second-order valence-electron chi connectivity index (χ2n) is 3.73. The molecule has 0 saturated carbocycles. The molecule has 0 aromatic heterocycles. The number of hydrogen-bond donors (Lipinski definition) is 4. The number of aliphatic hydroxyl groups is 2. The third kappa shape index (κ3) is 3.83. The average Bonchev–Trinajstić information content (AvgIpc) is 2.38. The van der Waals surface area contributed by atoms with Gasteiger partial charge < -0.3 is 20.6 Å². The summed E-state index contributed by atoms with van der Waals surface area (Å²) >= 11 is 0. The van der Waals surface area contributed by atoms with Gasteiger partial charge in [-0.05, 0) is 17.7 Å². The molecule has 0 aliphatic rings. The fourth-order valence-electron chi connectivity index (χ4n) is 1.39. The Morgan fingerprint density at radius 3 is 2.22 bits per heavy atom. The lowest BCUT2D eigenvalue weighted by Crippen LogP contribution is -2.41. The van der Waals surface area contributed by atoms with Gasteiger partial charge in [0.2, 0.25) is 0 Å². The summed E-state index contributed by atoms with van der Waals surface area (Å²) in [5.41, 5.74) is 0.966. The zero-order valence-corrected chi connectivity index (χ0v) is 9.67. The Balaban J connectivity index is 2.70. The highest BCUT2D eigenvalue weighted by molar-refractivity contribution is 5.96. The van der Waals surface area contributed by atoms with Crippen molar-refractivity contribution in [1.29, 1.82) is 0 Å². The summed E-state index contributed by atoms with van der Waals surface area (Å²) in [4.78, 5) is 22.5. The van der Waals surface area contributed by atoms with Crippen LogP contribution in [0.1, 0.15) is 22.3 Å².